The molecule has 12 atom stereocenters. The van der Waals surface area contributed by atoms with Gasteiger partial charge in [0, 0.05) is 44.4 Å². The van der Waals surface area contributed by atoms with Crippen LogP contribution < -0.4 is 0 Å². The number of nitrogens with one attached hydrogen (secondary N) is 1. The minimum absolute atomic E-state index is 0.0136. The van der Waals surface area contributed by atoms with Crippen LogP contribution in [0.25, 0.3) is 0 Å². The lowest BCUT2D eigenvalue weighted by Crippen LogP contribution is -2.69. The minimum Gasteiger partial charge on any atom is -0.502 e. The Balaban J connectivity index is 1.42. The fourth-order valence-electron chi connectivity index (χ4n) is 10.5. The van der Waals surface area contributed by atoms with Gasteiger partial charge in [-0.1, -0.05) is 25.5 Å². The molecule has 4 N–H and O–H groups in total. The number of ether oxygens (including phenoxy) is 6. The molecule has 0 amide bonds. The van der Waals surface area contributed by atoms with E-state index in [0.29, 0.717) is 25.7 Å². The number of H-pyrrole nitrogens is 1. The Hall–Kier alpha value is -3.23. The van der Waals surface area contributed by atoms with E-state index in [2.05, 4.69) is 11.9 Å². The van der Waals surface area contributed by atoms with Gasteiger partial charge in [0.25, 0.3) is 0 Å². The fraction of sp³-hybridized carbons (Fsp3) is 0.703. The van der Waals surface area contributed by atoms with Gasteiger partial charge in [-0.2, -0.15) is 0 Å². The van der Waals surface area contributed by atoms with Crippen molar-refractivity contribution in [2.75, 3.05) is 20.3 Å². The van der Waals surface area contributed by atoms with Crippen LogP contribution in [0.15, 0.2) is 41.3 Å². The SMILES string of the molecule is CO[C@@H]1CC[C@H](OC[C@]2(COC(=O)c3ccc[nH]3)[C@H]3CC[C@@]4(C)[C@H](C5=C(O)C(=O)O[C@H]5O)C(C)=CC[C@H]4[C@]3(C)[C@@H](O)C[C@H]2OC(C)=O)O[C@H]1C. The fourth-order valence-corrected chi connectivity index (χ4v) is 10.5. The second-order valence-electron chi connectivity index (χ2n) is 15.4. The third-order valence-electron chi connectivity index (χ3n) is 12.8. The molecule has 1 aromatic rings. The highest BCUT2D eigenvalue weighted by Crippen LogP contribution is 2.70. The summed E-state index contributed by atoms with van der Waals surface area (Å²) in [5.74, 6) is -3.84. The Morgan fingerprint density at radius 2 is 1.88 bits per heavy atom. The third-order valence-corrected chi connectivity index (χ3v) is 12.8. The maximum absolute atomic E-state index is 13.3. The molecule has 3 fully saturated rings. The van der Waals surface area contributed by atoms with Crippen LogP contribution in [0.5, 0.6) is 0 Å². The maximum atomic E-state index is 13.3. The first kappa shape index (κ1) is 36.6. The first-order valence-corrected chi connectivity index (χ1v) is 17.6. The van der Waals surface area contributed by atoms with Gasteiger partial charge in [0.2, 0.25) is 12.0 Å². The van der Waals surface area contributed by atoms with Gasteiger partial charge in [0.1, 0.15) is 18.4 Å². The van der Waals surface area contributed by atoms with Crippen molar-refractivity contribution in [3.05, 3.63) is 47.0 Å². The number of hydrogen-bond donors (Lipinski definition) is 4. The van der Waals surface area contributed by atoms with E-state index in [-0.39, 0.29) is 49.0 Å². The number of carbonyl (C=O) groups excluding carboxylic acids is 3. The molecule has 13 nitrogen and oxygen atoms in total. The summed E-state index contributed by atoms with van der Waals surface area (Å²) < 4.78 is 35.5. The van der Waals surface area contributed by atoms with Gasteiger partial charge in [0.05, 0.1) is 35.9 Å². The molecule has 1 saturated heterocycles. The van der Waals surface area contributed by atoms with Crippen molar-refractivity contribution < 1.29 is 58.1 Å². The first-order valence-electron chi connectivity index (χ1n) is 17.6. The van der Waals surface area contributed by atoms with Crippen molar-refractivity contribution in [3.63, 3.8) is 0 Å². The zero-order valence-corrected chi connectivity index (χ0v) is 29.7. The van der Waals surface area contributed by atoms with Crippen molar-refractivity contribution in [3.8, 4) is 0 Å². The van der Waals surface area contributed by atoms with Gasteiger partial charge in [-0.15, -0.1) is 0 Å². The van der Waals surface area contributed by atoms with E-state index in [1.807, 2.05) is 26.8 Å². The molecule has 13 heteroatoms. The predicted octanol–water partition coefficient (Wildman–Crippen LogP) is 4.10. The van der Waals surface area contributed by atoms with E-state index in [9.17, 15) is 29.7 Å². The van der Waals surface area contributed by atoms with E-state index in [1.165, 1.54) is 6.92 Å². The molecular formula is C37H51NO12. The predicted molar refractivity (Wildman–Crippen MR) is 176 cm³/mol. The number of allylic oxidation sites excluding steroid dienone is 2. The Bertz CT molecular complexity index is 1520. The summed E-state index contributed by atoms with van der Waals surface area (Å²) in [7, 11) is 1.65. The highest BCUT2D eigenvalue weighted by molar-refractivity contribution is 5.89. The number of aromatic nitrogens is 1. The molecule has 0 spiro atoms. The number of fused-ring (bicyclic) bond motifs is 3. The van der Waals surface area contributed by atoms with Crippen LogP contribution in [0.1, 0.15) is 83.6 Å². The molecule has 2 saturated carbocycles. The molecule has 0 aromatic carbocycles. The van der Waals surface area contributed by atoms with Gasteiger partial charge in [-0.25, -0.2) is 9.59 Å². The third kappa shape index (κ3) is 5.98. The van der Waals surface area contributed by atoms with Crippen LogP contribution in [-0.4, -0.2) is 95.5 Å². The lowest BCUT2D eigenvalue weighted by atomic mass is 9.38. The monoisotopic (exact) mass is 701 g/mol. The Kier molecular flexibility index (Phi) is 10.0. The number of carbonyl (C=O) groups is 3. The topological polar surface area (TPSA) is 183 Å². The van der Waals surface area contributed by atoms with Gasteiger partial charge in [0.15, 0.2) is 6.29 Å². The van der Waals surface area contributed by atoms with Crippen LogP contribution in [0.4, 0.5) is 0 Å². The highest BCUT2D eigenvalue weighted by atomic mass is 16.7. The Morgan fingerprint density at radius 3 is 2.50 bits per heavy atom. The van der Waals surface area contributed by atoms with E-state index >= 15 is 0 Å². The van der Waals surface area contributed by atoms with Gasteiger partial charge >= 0.3 is 17.9 Å². The summed E-state index contributed by atoms with van der Waals surface area (Å²) >= 11 is 0. The summed E-state index contributed by atoms with van der Waals surface area (Å²) in [4.78, 5) is 41.3. The van der Waals surface area contributed by atoms with Gasteiger partial charge in [-0.3, -0.25) is 4.79 Å². The van der Waals surface area contributed by atoms with Crippen LogP contribution in [-0.2, 0) is 38.0 Å². The molecule has 0 radical (unpaired) electrons. The zero-order chi connectivity index (χ0) is 36.2. The van der Waals surface area contributed by atoms with Crippen LogP contribution >= 0.6 is 0 Å². The molecule has 0 unspecified atom stereocenters. The van der Waals surface area contributed by atoms with Crippen molar-refractivity contribution in [2.24, 2.45) is 34.0 Å². The number of methoxy groups -OCH3 is 1. The number of aromatic amines is 1. The van der Waals surface area contributed by atoms with Crippen molar-refractivity contribution in [2.45, 2.75) is 110 Å². The molecule has 3 aliphatic carbocycles. The molecule has 1 aromatic heterocycles. The van der Waals surface area contributed by atoms with E-state index in [0.717, 1.165) is 12.0 Å². The lowest BCUT2D eigenvalue weighted by molar-refractivity contribution is -0.285. The lowest BCUT2D eigenvalue weighted by Gasteiger charge is -2.68. The zero-order valence-electron chi connectivity index (χ0n) is 29.7. The number of cyclic esters (lactones) is 1. The molecule has 276 valence electrons. The molecule has 3 heterocycles. The Labute approximate surface area is 292 Å². The number of esters is 3. The normalized spacial score (nSPS) is 41.5. The second kappa shape index (κ2) is 13.7. The summed E-state index contributed by atoms with van der Waals surface area (Å²) in [6.07, 6.45) is 2.32. The number of aliphatic hydroxyl groups excluding tert-OH is 3. The van der Waals surface area contributed by atoms with Crippen LogP contribution in [0, 0.1) is 34.0 Å². The van der Waals surface area contributed by atoms with E-state index < -0.39 is 76.5 Å². The largest absolute Gasteiger partial charge is 0.502 e. The maximum Gasteiger partial charge on any atom is 0.376 e. The summed E-state index contributed by atoms with van der Waals surface area (Å²) in [5.41, 5.74) is -1.32. The number of rotatable bonds is 9. The minimum atomic E-state index is -1.59. The second-order valence-corrected chi connectivity index (χ2v) is 15.4. The summed E-state index contributed by atoms with van der Waals surface area (Å²) in [6, 6.07) is 3.32. The highest BCUT2D eigenvalue weighted by Gasteiger charge is 2.70. The van der Waals surface area contributed by atoms with Crippen molar-refractivity contribution in [1.29, 1.82) is 0 Å². The van der Waals surface area contributed by atoms with Crippen LogP contribution in [0.3, 0.4) is 0 Å². The number of hydrogen-bond acceptors (Lipinski definition) is 12. The molecule has 50 heavy (non-hydrogen) atoms. The molecule has 2 aliphatic heterocycles. The van der Waals surface area contributed by atoms with Gasteiger partial charge in [-0.05, 0) is 68.9 Å². The molecular weight excluding hydrogens is 650 g/mol. The van der Waals surface area contributed by atoms with Crippen molar-refractivity contribution in [1.82, 2.24) is 4.98 Å². The molecule has 0 bridgehead atoms. The van der Waals surface area contributed by atoms with E-state index in [1.54, 1.807) is 25.4 Å². The van der Waals surface area contributed by atoms with Crippen molar-refractivity contribution >= 4 is 17.9 Å². The van der Waals surface area contributed by atoms with Gasteiger partial charge < -0.3 is 48.7 Å². The number of aliphatic hydroxyl groups is 3. The summed E-state index contributed by atoms with van der Waals surface area (Å²) in [5, 5.41) is 33.9. The quantitative estimate of drug-likeness (QED) is 0.165. The Morgan fingerprint density at radius 1 is 1.12 bits per heavy atom. The van der Waals surface area contributed by atoms with Crippen LogP contribution in [0.2, 0.25) is 0 Å². The average molecular weight is 702 g/mol. The smallest absolute Gasteiger partial charge is 0.376 e. The molecule has 5 aliphatic rings. The van der Waals surface area contributed by atoms with E-state index in [4.69, 9.17) is 28.4 Å². The first-order chi connectivity index (χ1) is 23.7. The molecule has 6 rings (SSSR count). The summed E-state index contributed by atoms with van der Waals surface area (Å²) in [6.45, 7) is 9.13. The standard InChI is InChI=1S/C37H51NO12/c1-19-9-11-24-35(4,30(19)29-31(41)34(44)50-33(29)43)14-13-25-36(24,5)26(40)16-27(49-21(3)39)37(25,18-47-32(42)22-8-7-15-38-22)17-46-28-12-10-23(45-6)20(2)48-28/h7-9,15,20,23-28,30,33,38,40-41,43H,10-14,16-18H2,1-6H3/t20-,23+,24+,25-,26-,27+,28+,30-,33+,35+,36-,37-/m0/s1. The average Bonchev–Trinajstić information content (AvgIpc) is 3.69.